The molecular weight excluding hydrogens is 554 g/mol. The number of aliphatic hydroxyl groups is 2. The van der Waals surface area contributed by atoms with Gasteiger partial charge in [-0.15, -0.1) is 0 Å². The number of methoxy groups -OCH3 is 1. The molecule has 2 amide bonds. The predicted octanol–water partition coefficient (Wildman–Crippen LogP) is 1.33. The van der Waals surface area contributed by atoms with E-state index in [1.54, 1.807) is 0 Å². The largest absolute Gasteiger partial charge is 0.447 e. The molecule has 0 spiro atoms. The first kappa shape index (κ1) is 29.4. The lowest BCUT2D eigenvalue weighted by Crippen LogP contribution is -2.56. The number of nitrogens with zero attached hydrogens (tertiary/aromatic N) is 1. The molecule has 1 fully saturated rings. The van der Waals surface area contributed by atoms with E-state index in [1.807, 2.05) is 30.3 Å². The number of imide groups is 1. The van der Waals surface area contributed by atoms with Crippen LogP contribution in [0.4, 0.5) is 4.79 Å². The maximum absolute atomic E-state index is 13.4. The van der Waals surface area contributed by atoms with Crippen LogP contribution in [0.2, 0.25) is 0 Å². The number of carbonyl (C=O) groups excluding carboxylic acids is 3. The Bertz CT molecular complexity index is 958. The van der Waals surface area contributed by atoms with Crippen molar-refractivity contribution in [2.45, 2.75) is 43.3 Å². The Balaban J connectivity index is 1.64. The summed E-state index contributed by atoms with van der Waals surface area (Å²) < 4.78 is 26.9. The Labute approximate surface area is 223 Å². The van der Waals surface area contributed by atoms with Gasteiger partial charge in [0.2, 0.25) is 0 Å². The highest BCUT2D eigenvalue weighted by Gasteiger charge is 2.50. The highest BCUT2D eigenvalue weighted by Crippen LogP contribution is 2.36. The molecule has 2 N–H and O–H groups in total. The van der Waals surface area contributed by atoms with Gasteiger partial charge in [-0.1, -0.05) is 30.3 Å². The lowest BCUT2D eigenvalue weighted by molar-refractivity contribution is -0.227. The lowest BCUT2D eigenvalue weighted by Gasteiger charge is -2.38. The summed E-state index contributed by atoms with van der Waals surface area (Å²) in [7, 11) is 1.23. The zero-order chi connectivity index (χ0) is 26.8. The maximum Gasteiger partial charge on any atom is 0.417 e. The lowest BCUT2D eigenvalue weighted by atomic mass is 9.99. The van der Waals surface area contributed by atoms with E-state index >= 15 is 0 Å². The summed E-state index contributed by atoms with van der Waals surface area (Å²) in [6.45, 7) is 1.08. The molecule has 37 heavy (non-hydrogen) atoms. The summed E-state index contributed by atoms with van der Waals surface area (Å²) in [4.78, 5) is 39.7. The van der Waals surface area contributed by atoms with Crippen molar-refractivity contribution in [3.8, 4) is 0 Å². The van der Waals surface area contributed by atoms with Crippen LogP contribution in [0.25, 0.3) is 0 Å². The zero-order valence-electron chi connectivity index (χ0n) is 20.5. The average molecular weight is 586 g/mol. The van der Waals surface area contributed by atoms with Crippen molar-refractivity contribution in [2.75, 3.05) is 46.8 Å². The van der Waals surface area contributed by atoms with Gasteiger partial charge in [0.05, 0.1) is 37.0 Å². The number of amides is 2. The molecule has 3 rings (SSSR count). The Morgan fingerprint density at radius 2 is 1.89 bits per heavy atom. The van der Waals surface area contributed by atoms with Crippen LogP contribution in [-0.2, 0) is 39.7 Å². The van der Waals surface area contributed by atoms with Gasteiger partial charge in [0.15, 0.2) is 23.8 Å². The molecule has 0 radical (unpaired) electrons. The molecule has 2 heterocycles. The molecule has 0 unspecified atom stereocenters. The normalized spacial score (nSPS) is 24.6. The smallest absolute Gasteiger partial charge is 0.417 e. The van der Waals surface area contributed by atoms with Crippen molar-refractivity contribution < 1.29 is 48.3 Å². The molecule has 0 saturated carbocycles. The van der Waals surface area contributed by atoms with Gasteiger partial charge in [-0.25, -0.2) is 9.69 Å². The molecule has 2 aliphatic rings. The minimum absolute atomic E-state index is 0.00972. The summed E-state index contributed by atoms with van der Waals surface area (Å²) in [5.74, 6) is -3.29. The number of benzene rings is 1. The molecule has 1 aromatic carbocycles. The Hall–Kier alpha value is -2.19. The van der Waals surface area contributed by atoms with Crippen molar-refractivity contribution in [1.29, 1.82) is 0 Å². The number of hydrogen-bond donors (Lipinski definition) is 2. The summed E-state index contributed by atoms with van der Waals surface area (Å²) in [6, 6.07) is 8.74. The minimum Gasteiger partial charge on any atom is -0.447 e. The number of aliphatic hydroxyl groups excluding tert-OH is 1. The van der Waals surface area contributed by atoms with E-state index in [-0.39, 0.29) is 37.3 Å². The van der Waals surface area contributed by atoms with Crippen molar-refractivity contribution in [3.63, 3.8) is 0 Å². The first-order valence-electron chi connectivity index (χ1n) is 12.0. The molecule has 0 aliphatic carbocycles. The van der Waals surface area contributed by atoms with Crippen LogP contribution in [0.3, 0.4) is 0 Å². The third-order valence-electron chi connectivity index (χ3n) is 5.94. The molecule has 1 saturated heterocycles. The fraction of sp³-hybridized carbons (Fsp3) is 0.560. The predicted molar refractivity (Wildman–Crippen MR) is 133 cm³/mol. The Morgan fingerprint density at radius 3 is 2.57 bits per heavy atom. The second-order valence-corrected chi connectivity index (χ2v) is 9.41. The van der Waals surface area contributed by atoms with Crippen LogP contribution in [0.15, 0.2) is 40.9 Å². The van der Waals surface area contributed by atoms with E-state index in [0.29, 0.717) is 26.1 Å². The molecule has 4 atom stereocenters. The number of cyclic esters (lactones) is 1. The molecule has 0 aromatic heterocycles. The Morgan fingerprint density at radius 1 is 1.19 bits per heavy atom. The molecule has 2 aliphatic heterocycles. The number of ether oxygens (including phenoxy) is 5. The number of halogens is 1. The summed E-state index contributed by atoms with van der Waals surface area (Å²) in [5.41, 5.74) is 0.908. The van der Waals surface area contributed by atoms with Crippen LogP contribution in [0.1, 0.15) is 18.4 Å². The van der Waals surface area contributed by atoms with Crippen LogP contribution >= 0.6 is 15.9 Å². The molecule has 1 aromatic rings. The minimum atomic E-state index is -1.90. The highest BCUT2D eigenvalue weighted by molar-refractivity contribution is 9.11. The molecule has 11 nitrogen and oxygen atoms in total. The van der Waals surface area contributed by atoms with Gasteiger partial charge in [0, 0.05) is 20.1 Å². The SMILES string of the molecule is CO[C@H](C(=O)N1C(=O)OC[C@@H]1Cc1ccccc1)[C@@H]1O[C@](O)(CCCOCCOCCO)C(Br)=CC1=O. The third-order valence-corrected chi connectivity index (χ3v) is 6.79. The van der Waals surface area contributed by atoms with Gasteiger partial charge in [0.1, 0.15) is 6.61 Å². The van der Waals surface area contributed by atoms with Gasteiger partial charge in [-0.3, -0.25) is 9.59 Å². The standard InChI is InChI=1S/C25H32BrNO10/c1-33-22(23(30)27-18(16-36-24(27)31)14-17-6-3-2-4-7-17)21-19(29)15-20(26)25(32,37-21)8-5-10-34-12-13-35-11-9-28/h2-4,6-7,15,18,21-22,28,32H,5,8-14,16H2,1H3/t18-,21+,22-,25+/m0/s1. The third kappa shape index (κ3) is 7.66. The van der Waals surface area contributed by atoms with Gasteiger partial charge >= 0.3 is 6.09 Å². The van der Waals surface area contributed by atoms with E-state index in [0.717, 1.165) is 16.5 Å². The first-order valence-corrected chi connectivity index (χ1v) is 12.7. The van der Waals surface area contributed by atoms with Gasteiger partial charge in [-0.05, 0) is 40.4 Å². The quantitative estimate of drug-likeness (QED) is 0.307. The number of rotatable bonds is 14. The molecule has 0 bridgehead atoms. The molecule has 12 heteroatoms. The monoisotopic (exact) mass is 585 g/mol. The van der Waals surface area contributed by atoms with Crippen molar-refractivity contribution in [2.24, 2.45) is 0 Å². The van der Waals surface area contributed by atoms with Crippen molar-refractivity contribution >= 4 is 33.7 Å². The summed E-state index contributed by atoms with van der Waals surface area (Å²) >= 11 is 3.19. The fourth-order valence-corrected chi connectivity index (χ4v) is 4.61. The van der Waals surface area contributed by atoms with E-state index < -0.39 is 41.8 Å². The van der Waals surface area contributed by atoms with Crippen molar-refractivity contribution in [1.82, 2.24) is 4.90 Å². The van der Waals surface area contributed by atoms with Gasteiger partial charge in [0.25, 0.3) is 5.91 Å². The van der Waals surface area contributed by atoms with Crippen LogP contribution in [0, 0.1) is 0 Å². The summed E-state index contributed by atoms with van der Waals surface area (Å²) in [6.07, 6.45) is -1.86. The van der Waals surface area contributed by atoms with Crippen LogP contribution in [0.5, 0.6) is 0 Å². The average Bonchev–Trinajstić information content (AvgIpc) is 3.24. The van der Waals surface area contributed by atoms with E-state index in [4.69, 9.17) is 28.8 Å². The Kier molecular flexibility index (Phi) is 11.2. The van der Waals surface area contributed by atoms with Crippen LogP contribution < -0.4 is 0 Å². The van der Waals surface area contributed by atoms with Gasteiger partial charge < -0.3 is 33.9 Å². The number of carbonyl (C=O) groups is 3. The van der Waals surface area contributed by atoms with Crippen molar-refractivity contribution in [3.05, 3.63) is 46.5 Å². The second kappa shape index (κ2) is 14.1. The second-order valence-electron chi connectivity index (χ2n) is 8.55. The number of ketones is 1. The van der Waals surface area contributed by atoms with E-state index in [9.17, 15) is 19.5 Å². The maximum atomic E-state index is 13.4. The molecule has 204 valence electrons. The zero-order valence-corrected chi connectivity index (χ0v) is 22.1. The topological polar surface area (TPSA) is 141 Å². The molecular formula is C25H32BrNO10. The number of hydrogen-bond acceptors (Lipinski definition) is 10. The van der Waals surface area contributed by atoms with Gasteiger partial charge in [-0.2, -0.15) is 0 Å². The van der Waals surface area contributed by atoms with Crippen LogP contribution in [-0.4, -0.2) is 104 Å². The fourth-order valence-electron chi connectivity index (χ4n) is 4.09. The van der Waals surface area contributed by atoms with E-state index in [2.05, 4.69) is 15.9 Å². The summed E-state index contributed by atoms with van der Waals surface area (Å²) in [5, 5.41) is 19.8. The van der Waals surface area contributed by atoms with E-state index in [1.165, 1.54) is 7.11 Å². The highest BCUT2D eigenvalue weighted by atomic mass is 79.9. The first-order chi connectivity index (χ1) is 17.8.